The number of phosphoric ester groups is 1. The maximum absolute atomic E-state index is 12.9. The van der Waals surface area contributed by atoms with E-state index in [4.69, 9.17) is 18.5 Å². The number of esters is 2. The lowest BCUT2D eigenvalue weighted by atomic mass is 10.0. The second-order valence-corrected chi connectivity index (χ2v) is 34.4. The fraction of sp³-hybridized carbons (Fsp3) is 0.914. The van der Waals surface area contributed by atoms with Crippen molar-refractivity contribution >= 4 is 19.8 Å². The molecule has 0 N–H and O–H groups in total. The van der Waals surface area contributed by atoms with E-state index in [9.17, 15) is 19.0 Å². The molecule has 0 saturated carbocycles. The van der Waals surface area contributed by atoms with Gasteiger partial charge in [0.1, 0.15) is 19.8 Å². The maximum atomic E-state index is 12.9. The van der Waals surface area contributed by atoms with E-state index >= 15 is 0 Å². The summed E-state index contributed by atoms with van der Waals surface area (Å²) in [5, 5.41) is 0. The summed E-state index contributed by atoms with van der Waals surface area (Å²) in [6.45, 7) is 4.33. The van der Waals surface area contributed by atoms with Crippen LogP contribution in [0.3, 0.4) is 0 Å². The van der Waals surface area contributed by atoms with Gasteiger partial charge in [-0.1, -0.05) is 468 Å². The van der Waals surface area contributed by atoms with Gasteiger partial charge in [0.15, 0.2) is 6.10 Å². The van der Waals surface area contributed by atoms with Gasteiger partial charge in [0.05, 0.1) is 27.7 Å². The van der Waals surface area contributed by atoms with Crippen molar-refractivity contribution in [2.24, 2.45) is 0 Å². The number of rotatable bonds is 88. The highest BCUT2D eigenvalue weighted by Crippen LogP contribution is 2.38. The molecule has 2 unspecified atom stereocenters. The van der Waals surface area contributed by atoms with Crippen LogP contribution in [0, 0.1) is 0 Å². The molecule has 0 aromatic carbocycles. The van der Waals surface area contributed by atoms with Gasteiger partial charge in [0, 0.05) is 12.8 Å². The summed E-state index contributed by atoms with van der Waals surface area (Å²) in [5.41, 5.74) is 0. The van der Waals surface area contributed by atoms with Crippen LogP contribution >= 0.6 is 7.82 Å². The van der Waals surface area contributed by atoms with Gasteiger partial charge in [0.25, 0.3) is 7.82 Å². The molecule has 0 aromatic heterocycles. The first-order chi connectivity index (χ1) is 50.5. The fourth-order valence-corrected chi connectivity index (χ4v) is 15.1. The van der Waals surface area contributed by atoms with E-state index in [2.05, 4.69) is 50.3 Å². The minimum absolute atomic E-state index is 0.0263. The molecule has 0 fully saturated rings. The van der Waals surface area contributed by atoms with Crippen molar-refractivity contribution in [2.45, 2.75) is 502 Å². The predicted octanol–water partition coefficient (Wildman–Crippen LogP) is 30.6. The number of nitrogens with zero attached hydrogens (tertiary/aromatic N) is 1. The lowest BCUT2D eigenvalue weighted by molar-refractivity contribution is -0.870. The summed E-state index contributed by atoms with van der Waals surface area (Å²) >= 11 is 0. The van der Waals surface area contributed by atoms with Gasteiger partial charge in [-0.3, -0.25) is 14.2 Å². The molecule has 0 saturated heterocycles. The SMILES string of the molecule is CCCCCCC/C=C\C/C=C\C/C=C\CCCCCCCCCCCCCCCCCCCCCCCCCCCCC(=O)OC(COC(=O)CCCCCCCCCCCCCCCCCCCCCCCCCCCCCCCCCCCCCCCC)COP(=O)([O-])OCC[N+](C)(C)C. The van der Waals surface area contributed by atoms with Crippen molar-refractivity contribution in [3.8, 4) is 0 Å². The quantitative estimate of drug-likeness (QED) is 0.0195. The van der Waals surface area contributed by atoms with E-state index in [1.165, 1.54) is 417 Å². The van der Waals surface area contributed by atoms with Gasteiger partial charge in [-0.15, -0.1) is 0 Å². The average Bonchev–Trinajstić information content (AvgIpc) is 0.971. The highest BCUT2D eigenvalue weighted by atomic mass is 31.2. The number of likely N-dealkylation sites (N-methyl/N-ethyl adjacent to an activating group) is 1. The van der Waals surface area contributed by atoms with E-state index < -0.39 is 26.5 Å². The third kappa shape index (κ3) is 89.0. The van der Waals surface area contributed by atoms with Crippen LogP contribution < -0.4 is 4.89 Å². The Kier molecular flexibility index (Phi) is 82.8. The molecule has 0 radical (unpaired) electrons. The van der Waals surface area contributed by atoms with Crippen LogP contribution in [0.25, 0.3) is 0 Å². The van der Waals surface area contributed by atoms with Crippen LogP contribution in [0.5, 0.6) is 0 Å². The first-order valence-electron chi connectivity index (χ1n) is 46.2. The second kappa shape index (κ2) is 84.3. The summed E-state index contributed by atoms with van der Waals surface area (Å²) in [4.78, 5) is 38.3. The van der Waals surface area contributed by atoms with E-state index in [-0.39, 0.29) is 32.0 Å². The third-order valence-corrected chi connectivity index (χ3v) is 22.4. The number of carbonyl (C=O) groups is 2. The van der Waals surface area contributed by atoms with Gasteiger partial charge in [-0.25, -0.2) is 0 Å². The fourth-order valence-electron chi connectivity index (χ4n) is 14.4. The van der Waals surface area contributed by atoms with Crippen molar-refractivity contribution in [1.29, 1.82) is 0 Å². The van der Waals surface area contributed by atoms with Gasteiger partial charge >= 0.3 is 11.9 Å². The molecule has 0 bridgehead atoms. The Balaban J connectivity index is 3.82. The Morgan fingerprint density at radius 1 is 0.301 bits per heavy atom. The molecular formula is C93H180NO8P. The summed E-state index contributed by atoms with van der Waals surface area (Å²) < 4.78 is 34.5. The normalized spacial score (nSPS) is 13.0. The van der Waals surface area contributed by atoms with Gasteiger partial charge in [-0.05, 0) is 51.4 Å². The summed E-state index contributed by atoms with van der Waals surface area (Å²) in [6.07, 6.45) is 112. The van der Waals surface area contributed by atoms with Crippen LogP contribution in [0.15, 0.2) is 36.5 Å². The standard InChI is InChI=1S/C93H180NO8P/c1-6-8-10-12-14-16-18-20-22-24-26-28-30-32-34-36-38-40-42-44-46-47-48-50-52-54-56-58-60-62-64-66-68-70-72-74-76-78-80-82-84-86-93(96)102-91(90-101-103(97,98)100-88-87-94(3,4)5)89-99-92(95)85-83-81-79-77-75-73-71-69-67-65-63-61-59-57-55-53-51-49-45-43-41-39-37-35-33-31-29-27-25-23-21-19-17-15-13-11-9-7-2/h18,20,24,26,30,32,91H,6-17,19,21-23,25,27-29,31,33-90H2,1-5H3/b20-18-,26-24-,32-30-. The summed E-state index contributed by atoms with van der Waals surface area (Å²) in [5.74, 6) is -0.802. The van der Waals surface area contributed by atoms with E-state index in [0.717, 1.165) is 44.9 Å². The molecule has 2 atom stereocenters. The lowest BCUT2D eigenvalue weighted by Crippen LogP contribution is -2.37. The zero-order chi connectivity index (χ0) is 74.7. The van der Waals surface area contributed by atoms with E-state index in [1.807, 2.05) is 21.1 Å². The smallest absolute Gasteiger partial charge is 0.306 e. The molecule has 9 nitrogen and oxygen atoms in total. The first-order valence-corrected chi connectivity index (χ1v) is 47.7. The van der Waals surface area contributed by atoms with Crippen LogP contribution in [0.4, 0.5) is 0 Å². The van der Waals surface area contributed by atoms with Crippen molar-refractivity contribution < 1.29 is 42.1 Å². The molecule has 0 aliphatic carbocycles. The Morgan fingerprint density at radius 3 is 0.777 bits per heavy atom. The van der Waals surface area contributed by atoms with Crippen molar-refractivity contribution in [2.75, 3.05) is 47.5 Å². The highest BCUT2D eigenvalue weighted by Gasteiger charge is 2.22. The van der Waals surface area contributed by atoms with Crippen molar-refractivity contribution in [3.05, 3.63) is 36.5 Å². The highest BCUT2D eigenvalue weighted by molar-refractivity contribution is 7.45. The molecule has 610 valence electrons. The number of unbranched alkanes of at least 4 members (excludes halogenated alkanes) is 68. The van der Waals surface area contributed by atoms with Gasteiger partial charge in [0.2, 0.25) is 0 Å². The molecule has 0 amide bonds. The lowest BCUT2D eigenvalue weighted by Gasteiger charge is -2.28. The Labute approximate surface area is 643 Å². The molecule has 10 heteroatoms. The number of ether oxygens (including phenoxy) is 2. The number of hydrogen-bond donors (Lipinski definition) is 0. The molecule has 0 aromatic rings. The number of hydrogen-bond acceptors (Lipinski definition) is 8. The molecule has 103 heavy (non-hydrogen) atoms. The molecule has 0 aliphatic rings. The Hall–Kier alpha value is -1.77. The Bertz CT molecular complexity index is 1830. The minimum atomic E-state index is -4.64. The minimum Gasteiger partial charge on any atom is -0.756 e. The van der Waals surface area contributed by atoms with Crippen LogP contribution in [0.1, 0.15) is 495 Å². The van der Waals surface area contributed by atoms with Crippen LogP contribution in [-0.2, 0) is 32.7 Å². The monoisotopic (exact) mass is 1470 g/mol. The molecule has 0 spiro atoms. The van der Waals surface area contributed by atoms with Gasteiger partial charge in [-0.2, -0.15) is 0 Å². The largest absolute Gasteiger partial charge is 0.756 e. The first kappa shape index (κ1) is 101. The molecule has 0 rings (SSSR count). The zero-order valence-corrected chi connectivity index (χ0v) is 71.0. The van der Waals surface area contributed by atoms with E-state index in [0.29, 0.717) is 17.4 Å². The van der Waals surface area contributed by atoms with Crippen LogP contribution in [0.2, 0.25) is 0 Å². The number of allylic oxidation sites excluding steroid dienone is 6. The maximum Gasteiger partial charge on any atom is 0.306 e. The summed E-state index contributed by atoms with van der Waals surface area (Å²) in [6, 6.07) is 0. The zero-order valence-electron chi connectivity index (χ0n) is 70.1. The predicted molar refractivity (Wildman–Crippen MR) is 448 cm³/mol. The number of phosphoric acid groups is 1. The van der Waals surface area contributed by atoms with Crippen molar-refractivity contribution in [3.63, 3.8) is 0 Å². The summed E-state index contributed by atoms with van der Waals surface area (Å²) in [7, 11) is 1.20. The second-order valence-electron chi connectivity index (χ2n) is 33.0. The number of quaternary nitrogens is 1. The Morgan fingerprint density at radius 2 is 0.524 bits per heavy atom. The van der Waals surface area contributed by atoms with Crippen molar-refractivity contribution in [1.82, 2.24) is 0 Å². The molecule has 0 aliphatic heterocycles. The number of carbonyl (C=O) groups excluding carboxylic acids is 2. The molecular weight excluding hydrogens is 1290 g/mol. The topological polar surface area (TPSA) is 111 Å². The van der Waals surface area contributed by atoms with Gasteiger partial charge < -0.3 is 27.9 Å². The third-order valence-electron chi connectivity index (χ3n) is 21.4. The average molecular weight is 1470 g/mol. The van der Waals surface area contributed by atoms with E-state index in [1.54, 1.807) is 0 Å². The van der Waals surface area contributed by atoms with Crippen LogP contribution in [-0.4, -0.2) is 70.0 Å². The molecule has 0 heterocycles.